The summed E-state index contributed by atoms with van der Waals surface area (Å²) in [5.74, 6) is -0.551. The molecule has 0 aliphatic heterocycles. The first-order chi connectivity index (χ1) is 11.8. The minimum atomic E-state index is -0.888. The number of amides is 2. The van der Waals surface area contributed by atoms with Gasteiger partial charge in [-0.15, -0.1) is 0 Å². The lowest BCUT2D eigenvalue weighted by molar-refractivity contribution is -0.145. The van der Waals surface area contributed by atoms with Crippen molar-refractivity contribution < 1.29 is 19.1 Å². The van der Waals surface area contributed by atoms with Crippen LogP contribution in [0.4, 0.5) is 10.5 Å². The number of anilines is 1. The second-order valence-corrected chi connectivity index (χ2v) is 8.35. The second-order valence-electron chi connectivity index (χ2n) is 8.35. The van der Waals surface area contributed by atoms with Crippen molar-refractivity contribution in [1.29, 1.82) is 0 Å². The summed E-state index contributed by atoms with van der Waals surface area (Å²) in [6.45, 7) is 13.9. The van der Waals surface area contributed by atoms with Gasteiger partial charge in [0.05, 0.1) is 19.3 Å². The molecule has 0 aliphatic rings. The fraction of sp³-hybridized carbons (Fsp3) is 0.600. The van der Waals surface area contributed by atoms with Crippen LogP contribution in [0, 0.1) is 6.92 Å². The van der Waals surface area contributed by atoms with Gasteiger partial charge >= 0.3 is 12.0 Å². The Morgan fingerprint density at radius 1 is 1.12 bits per heavy atom. The van der Waals surface area contributed by atoms with E-state index < -0.39 is 23.6 Å². The minimum Gasteiger partial charge on any atom is -0.467 e. The van der Waals surface area contributed by atoms with Crippen molar-refractivity contribution in [1.82, 2.24) is 5.32 Å². The van der Waals surface area contributed by atoms with Gasteiger partial charge in [-0.25, -0.2) is 9.59 Å². The Kier molecular flexibility index (Phi) is 7.21. The Labute approximate surface area is 156 Å². The number of urea groups is 1. The van der Waals surface area contributed by atoms with Crippen molar-refractivity contribution in [2.24, 2.45) is 0 Å². The predicted octanol–water partition coefficient (Wildman–Crippen LogP) is 3.77. The van der Waals surface area contributed by atoms with E-state index in [0.717, 1.165) is 16.8 Å². The van der Waals surface area contributed by atoms with Crippen molar-refractivity contribution >= 4 is 17.7 Å². The maximum absolute atomic E-state index is 12.5. The van der Waals surface area contributed by atoms with Gasteiger partial charge in [-0.3, -0.25) is 0 Å². The average Bonchev–Trinajstić information content (AvgIpc) is 2.50. The van der Waals surface area contributed by atoms with Gasteiger partial charge in [0.25, 0.3) is 0 Å². The van der Waals surface area contributed by atoms with E-state index in [1.165, 1.54) is 7.11 Å². The first-order valence-corrected chi connectivity index (χ1v) is 8.74. The second kappa shape index (κ2) is 8.54. The Bertz CT molecular complexity index is 642. The fourth-order valence-electron chi connectivity index (χ4n) is 2.41. The van der Waals surface area contributed by atoms with Gasteiger partial charge in [0.15, 0.2) is 6.04 Å². The van der Waals surface area contributed by atoms with Gasteiger partial charge in [0.2, 0.25) is 0 Å². The highest BCUT2D eigenvalue weighted by Crippen LogP contribution is 2.31. The van der Waals surface area contributed by atoms with Gasteiger partial charge in [0.1, 0.15) is 0 Å². The molecule has 6 heteroatoms. The quantitative estimate of drug-likeness (QED) is 0.780. The summed E-state index contributed by atoms with van der Waals surface area (Å²) in [7, 11) is 1.28. The van der Waals surface area contributed by atoms with E-state index in [1.807, 2.05) is 45.9 Å². The van der Waals surface area contributed by atoms with Crippen LogP contribution in [-0.4, -0.2) is 37.4 Å². The molecule has 0 aliphatic carbocycles. The molecular weight excluding hydrogens is 332 g/mol. The Morgan fingerprint density at radius 3 is 2.23 bits per heavy atom. The van der Waals surface area contributed by atoms with Crippen LogP contribution in [0.3, 0.4) is 0 Å². The van der Waals surface area contributed by atoms with Gasteiger partial charge in [-0.05, 0) is 44.2 Å². The topological polar surface area (TPSA) is 76.7 Å². The SMILES string of the molecule is COC(=O)C(COC(C)(C)C)NC(=O)Nc1c(C)cccc1C(C)(C)C. The largest absolute Gasteiger partial charge is 0.467 e. The van der Waals surface area contributed by atoms with Crippen molar-refractivity contribution in [2.45, 2.75) is 65.5 Å². The molecule has 1 aromatic carbocycles. The molecule has 26 heavy (non-hydrogen) atoms. The van der Waals surface area contributed by atoms with Crippen LogP contribution < -0.4 is 10.6 Å². The molecule has 1 unspecified atom stereocenters. The summed E-state index contributed by atoms with van der Waals surface area (Å²) in [4.78, 5) is 24.5. The number of carbonyl (C=O) groups is 2. The van der Waals surface area contributed by atoms with Crippen molar-refractivity contribution in [2.75, 3.05) is 19.0 Å². The first kappa shape index (κ1) is 22.0. The molecule has 1 aromatic rings. The summed E-state index contributed by atoms with van der Waals surface area (Å²) in [5, 5.41) is 5.52. The number of benzene rings is 1. The molecule has 0 bridgehead atoms. The highest BCUT2D eigenvalue weighted by Gasteiger charge is 2.26. The van der Waals surface area contributed by atoms with Crippen LogP contribution in [0.2, 0.25) is 0 Å². The maximum atomic E-state index is 12.5. The number of rotatable bonds is 5. The van der Waals surface area contributed by atoms with Gasteiger partial charge in [-0.1, -0.05) is 39.0 Å². The highest BCUT2D eigenvalue weighted by atomic mass is 16.5. The molecule has 2 amide bonds. The van der Waals surface area contributed by atoms with E-state index in [4.69, 9.17) is 9.47 Å². The molecule has 0 saturated heterocycles. The Balaban J connectivity index is 2.94. The Hall–Kier alpha value is -2.08. The van der Waals surface area contributed by atoms with Crippen molar-refractivity contribution in [3.63, 3.8) is 0 Å². The van der Waals surface area contributed by atoms with E-state index in [-0.39, 0.29) is 12.0 Å². The van der Waals surface area contributed by atoms with E-state index in [9.17, 15) is 9.59 Å². The number of aryl methyl sites for hydroxylation is 1. The van der Waals surface area contributed by atoms with E-state index in [0.29, 0.717) is 0 Å². The van der Waals surface area contributed by atoms with Crippen LogP contribution in [0.5, 0.6) is 0 Å². The Morgan fingerprint density at radius 2 is 1.73 bits per heavy atom. The van der Waals surface area contributed by atoms with E-state index in [2.05, 4.69) is 31.4 Å². The molecule has 1 atom stereocenters. The summed E-state index contributed by atoms with van der Waals surface area (Å²) < 4.78 is 10.4. The average molecular weight is 364 g/mol. The molecule has 1 rings (SSSR count). The van der Waals surface area contributed by atoms with Crippen LogP contribution in [0.25, 0.3) is 0 Å². The van der Waals surface area contributed by atoms with E-state index >= 15 is 0 Å². The molecule has 146 valence electrons. The zero-order valence-corrected chi connectivity index (χ0v) is 17.1. The summed E-state index contributed by atoms with van der Waals surface area (Å²) >= 11 is 0. The fourth-order valence-corrected chi connectivity index (χ4v) is 2.41. The lowest BCUT2D eigenvalue weighted by Gasteiger charge is -2.26. The third-order valence-corrected chi connectivity index (χ3v) is 3.79. The summed E-state index contributed by atoms with van der Waals surface area (Å²) in [6.07, 6.45) is 0. The van der Waals surface area contributed by atoms with Gasteiger partial charge < -0.3 is 20.1 Å². The number of carbonyl (C=O) groups excluding carboxylic acids is 2. The molecule has 2 N–H and O–H groups in total. The van der Waals surface area contributed by atoms with Crippen LogP contribution >= 0.6 is 0 Å². The zero-order chi connectivity index (χ0) is 20.1. The van der Waals surface area contributed by atoms with Gasteiger partial charge in [-0.2, -0.15) is 0 Å². The third kappa shape index (κ3) is 6.67. The normalized spacial score (nSPS) is 13.1. The summed E-state index contributed by atoms with van der Waals surface area (Å²) in [5.41, 5.74) is 2.16. The molecule has 0 fully saturated rings. The summed E-state index contributed by atoms with van der Waals surface area (Å²) in [6, 6.07) is 4.53. The number of hydrogen-bond acceptors (Lipinski definition) is 4. The lowest BCUT2D eigenvalue weighted by Crippen LogP contribution is -2.47. The van der Waals surface area contributed by atoms with E-state index in [1.54, 1.807) is 0 Å². The third-order valence-electron chi connectivity index (χ3n) is 3.79. The van der Waals surface area contributed by atoms with Crippen LogP contribution in [0.1, 0.15) is 52.7 Å². The number of esters is 1. The number of nitrogens with one attached hydrogen (secondary N) is 2. The molecule has 0 heterocycles. The lowest BCUT2D eigenvalue weighted by atomic mass is 9.84. The van der Waals surface area contributed by atoms with Crippen molar-refractivity contribution in [3.8, 4) is 0 Å². The minimum absolute atomic E-state index is 0.0312. The smallest absolute Gasteiger partial charge is 0.330 e. The predicted molar refractivity (Wildman–Crippen MR) is 104 cm³/mol. The zero-order valence-electron chi connectivity index (χ0n) is 17.1. The van der Waals surface area contributed by atoms with Crippen LogP contribution in [0.15, 0.2) is 18.2 Å². The van der Waals surface area contributed by atoms with Crippen molar-refractivity contribution in [3.05, 3.63) is 29.3 Å². The number of para-hydroxylation sites is 1. The highest BCUT2D eigenvalue weighted by molar-refractivity contribution is 5.94. The number of ether oxygens (including phenoxy) is 2. The molecule has 0 radical (unpaired) electrons. The first-order valence-electron chi connectivity index (χ1n) is 8.74. The monoisotopic (exact) mass is 364 g/mol. The van der Waals surface area contributed by atoms with Gasteiger partial charge in [0, 0.05) is 5.69 Å². The molecule has 6 nitrogen and oxygen atoms in total. The molecule has 0 aromatic heterocycles. The molecule has 0 saturated carbocycles. The molecule has 0 spiro atoms. The maximum Gasteiger partial charge on any atom is 0.330 e. The number of methoxy groups -OCH3 is 1. The standard InChI is InChI=1S/C20H32N2O4/c1-13-10-9-11-14(19(2,3)4)16(13)22-18(24)21-15(17(23)25-8)12-26-20(5,6)7/h9-11,15H,12H2,1-8H3,(H2,21,22,24). The van der Waals surface area contributed by atoms with Crippen LogP contribution in [-0.2, 0) is 19.7 Å². The number of hydrogen-bond donors (Lipinski definition) is 2. The molecular formula is C20H32N2O4.